The standard InChI is InChI=1S/C16H22O3/c1-13-3-2-4-14(11-13)12-15(17)5-7-16(8-6-15)18-9-10-19-16/h2-4,11,17H,5-10,12H2,1H3. The third-order valence-electron chi connectivity index (χ3n) is 4.37. The molecular formula is C16H22O3. The van der Waals surface area contributed by atoms with Crippen molar-refractivity contribution >= 4 is 0 Å². The van der Waals surface area contributed by atoms with Crippen LogP contribution in [0, 0.1) is 6.92 Å². The van der Waals surface area contributed by atoms with Gasteiger partial charge in [-0.2, -0.15) is 0 Å². The van der Waals surface area contributed by atoms with Crippen LogP contribution >= 0.6 is 0 Å². The summed E-state index contributed by atoms with van der Waals surface area (Å²) in [6, 6.07) is 8.40. The van der Waals surface area contributed by atoms with E-state index < -0.39 is 11.4 Å². The quantitative estimate of drug-likeness (QED) is 0.890. The fourth-order valence-electron chi connectivity index (χ4n) is 3.26. The van der Waals surface area contributed by atoms with Gasteiger partial charge in [-0.25, -0.2) is 0 Å². The van der Waals surface area contributed by atoms with Crippen molar-refractivity contribution in [3.05, 3.63) is 35.4 Å². The Labute approximate surface area is 114 Å². The molecule has 2 fully saturated rings. The van der Waals surface area contributed by atoms with Crippen LogP contribution in [0.1, 0.15) is 36.8 Å². The molecule has 2 aliphatic rings. The fraction of sp³-hybridized carbons (Fsp3) is 0.625. The van der Waals surface area contributed by atoms with E-state index in [1.807, 2.05) is 0 Å². The van der Waals surface area contributed by atoms with Crippen molar-refractivity contribution in [1.29, 1.82) is 0 Å². The smallest absolute Gasteiger partial charge is 0.168 e. The Bertz CT molecular complexity index is 439. The topological polar surface area (TPSA) is 38.7 Å². The Morgan fingerprint density at radius 2 is 1.79 bits per heavy atom. The van der Waals surface area contributed by atoms with Crippen LogP contribution in [-0.4, -0.2) is 29.7 Å². The highest BCUT2D eigenvalue weighted by molar-refractivity contribution is 5.24. The second kappa shape index (κ2) is 4.89. The zero-order chi connectivity index (χ0) is 13.3. The molecule has 3 nitrogen and oxygen atoms in total. The van der Waals surface area contributed by atoms with Gasteiger partial charge in [0.2, 0.25) is 0 Å². The van der Waals surface area contributed by atoms with Gasteiger partial charge in [0.05, 0.1) is 18.8 Å². The van der Waals surface area contributed by atoms with Gasteiger partial charge in [0.1, 0.15) is 0 Å². The molecule has 0 atom stereocenters. The van der Waals surface area contributed by atoms with Crippen LogP contribution in [0.5, 0.6) is 0 Å². The highest BCUT2D eigenvalue weighted by Gasteiger charge is 2.45. The predicted molar refractivity (Wildman–Crippen MR) is 72.9 cm³/mol. The first kappa shape index (κ1) is 13.1. The molecule has 19 heavy (non-hydrogen) atoms. The van der Waals surface area contributed by atoms with Crippen molar-refractivity contribution in [3.8, 4) is 0 Å². The molecule has 1 saturated heterocycles. The maximum atomic E-state index is 10.7. The van der Waals surface area contributed by atoms with Crippen LogP contribution in [0.25, 0.3) is 0 Å². The minimum atomic E-state index is -0.603. The van der Waals surface area contributed by atoms with Gasteiger partial charge in [-0.3, -0.25) is 0 Å². The first-order valence-electron chi connectivity index (χ1n) is 7.15. The van der Waals surface area contributed by atoms with Crippen LogP contribution in [0.2, 0.25) is 0 Å². The van der Waals surface area contributed by atoms with Crippen molar-refractivity contribution in [3.63, 3.8) is 0 Å². The van der Waals surface area contributed by atoms with Crippen LogP contribution < -0.4 is 0 Å². The molecule has 1 heterocycles. The SMILES string of the molecule is Cc1cccc(CC2(O)CCC3(CC2)OCCO3)c1. The van der Waals surface area contributed by atoms with Crippen molar-refractivity contribution in [2.75, 3.05) is 13.2 Å². The van der Waals surface area contributed by atoms with Gasteiger partial charge in [-0.15, -0.1) is 0 Å². The average Bonchev–Trinajstić information content (AvgIpc) is 2.83. The molecular weight excluding hydrogens is 240 g/mol. The van der Waals surface area contributed by atoms with E-state index in [2.05, 4.69) is 31.2 Å². The molecule has 0 amide bonds. The number of hydrogen-bond acceptors (Lipinski definition) is 3. The van der Waals surface area contributed by atoms with Gasteiger partial charge in [0, 0.05) is 19.3 Å². The molecule has 0 bridgehead atoms. The second-order valence-electron chi connectivity index (χ2n) is 6.00. The lowest BCUT2D eigenvalue weighted by molar-refractivity contribution is -0.202. The maximum Gasteiger partial charge on any atom is 0.168 e. The van der Waals surface area contributed by atoms with E-state index in [-0.39, 0.29) is 0 Å². The van der Waals surface area contributed by atoms with Gasteiger partial charge in [-0.05, 0) is 25.3 Å². The summed E-state index contributed by atoms with van der Waals surface area (Å²) in [4.78, 5) is 0. The Balaban J connectivity index is 1.65. The first-order chi connectivity index (χ1) is 9.09. The molecule has 0 aromatic heterocycles. The molecule has 3 heteroatoms. The number of rotatable bonds is 2. The zero-order valence-corrected chi connectivity index (χ0v) is 11.5. The summed E-state index contributed by atoms with van der Waals surface area (Å²) in [5, 5.41) is 10.7. The Morgan fingerprint density at radius 1 is 1.11 bits per heavy atom. The maximum absolute atomic E-state index is 10.7. The molecule has 1 aliphatic carbocycles. The van der Waals surface area contributed by atoms with E-state index >= 15 is 0 Å². The molecule has 1 aromatic carbocycles. The zero-order valence-electron chi connectivity index (χ0n) is 11.5. The molecule has 1 aromatic rings. The molecule has 1 N–H and O–H groups in total. The van der Waals surface area contributed by atoms with Crippen molar-refractivity contribution in [2.24, 2.45) is 0 Å². The molecule has 1 aliphatic heterocycles. The molecule has 104 valence electrons. The summed E-state index contributed by atoms with van der Waals surface area (Å²) in [6.45, 7) is 3.47. The summed E-state index contributed by atoms with van der Waals surface area (Å²) in [6.07, 6.45) is 3.83. The summed E-state index contributed by atoms with van der Waals surface area (Å²) in [5.41, 5.74) is 1.86. The minimum absolute atomic E-state index is 0.390. The summed E-state index contributed by atoms with van der Waals surface area (Å²) < 4.78 is 11.4. The normalized spacial score (nSPS) is 24.7. The lowest BCUT2D eigenvalue weighted by atomic mass is 9.78. The van der Waals surface area contributed by atoms with E-state index in [1.54, 1.807) is 0 Å². The third kappa shape index (κ3) is 2.83. The molecule has 0 radical (unpaired) electrons. The largest absolute Gasteiger partial charge is 0.390 e. The van der Waals surface area contributed by atoms with E-state index in [0.717, 1.165) is 32.1 Å². The van der Waals surface area contributed by atoms with E-state index in [4.69, 9.17) is 9.47 Å². The number of hydrogen-bond donors (Lipinski definition) is 1. The van der Waals surface area contributed by atoms with Crippen molar-refractivity contribution < 1.29 is 14.6 Å². The number of benzene rings is 1. The third-order valence-corrected chi connectivity index (χ3v) is 4.37. The number of aliphatic hydroxyl groups is 1. The van der Waals surface area contributed by atoms with Crippen LogP contribution in [-0.2, 0) is 15.9 Å². The summed E-state index contributed by atoms with van der Waals surface area (Å²) in [5.74, 6) is -0.390. The second-order valence-corrected chi connectivity index (χ2v) is 6.00. The lowest BCUT2D eigenvalue weighted by Crippen LogP contribution is -2.44. The highest BCUT2D eigenvalue weighted by atomic mass is 16.7. The van der Waals surface area contributed by atoms with Crippen LogP contribution in [0.4, 0.5) is 0 Å². The molecule has 3 rings (SSSR count). The number of aryl methyl sites for hydroxylation is 1. The van der Waals surface area contributed by atoms with E-state index in [0.29, 0.717) is 13.2 Å². The number of ether oxygens (including phenoxy) is 2. The van der Waals surface area contributed by atoms with Crippen molar-refractivity contribution in [2.45, 2.75) is 50.4 Å². The fourth-order valence-corrected chi connectivity index (χ4v) is 3.26. The Hall–Kier alpha value is -0.900. The summed E-state index contributed by atoms with van der Waals surface area (Å²) >= 11 is 0. The van der Waals surface area contributed by atoms with Gasteiger partial charge in [-0.1, -0.05) is 29.8 Å². The van der Waals surface area contributed by atoms with Gasteiger partial charge in [0.25, 0.3) is 0 Å². The summed E-state index contributed by atoms with van der Waals surface area (Å²) in [7, 11) is 0. The van der Waals surface area contributed by atoms with Gasteiger partial charge >= 0.3 is 0 Å². The van der Waals surface area contributed by atoms with E-state index in [9.17, 15) is 5.11 Å². The van der Waals surface area contributed by atoms with Crippen molar-refractivity contribution in [1.82, 2.24) is 0 Å². The van der Waals surface area contributed by atoms with E-state index in [1.165, 1.54) is 11.1 Å². The predicted octanol–water partition coefficient (Wildman–Crippen LogP) is 2.59. The van der Waals surface area contributed by atoms with Crippen LogP contribution in [0.3, 0.4) is 0 Å². The Kier molecular flexibility index (Phi) is 3.37. The first-order valence-corrected chi connectivity index (χ1v) is 7.15. The molecule has 1 spiro atoms. The monoisotopic (exact) mass is 262 g/mol. The average molecular weight is 262 g/mol. The van der Waals surface area contributed by atoms with Crippen LogP contribution in [0.15, 0.2) is 24.3 Å². The molecule has 0 unspecified atom stereocenters. The lowest BCUT2D eigenvalue weighted by Gasteiger charge is -2.40. The van der Waals surface area contributed by atoms with Gasteiger partial charge in [0.15, 0.2) is 5.79 Å². The molecule has 1 saturated carbocycles. The minimum Gasteiger partial charge on any atom is -0.390 e. The highest BCUT2D eigenvalue weighted by Crippen LogP contribution is 2.41. The van der Waals surface area contributed by atoms with Gasteiger partial charge < -0.3 is 14.6 Å². The Morgan fingerprint density at radius 3 is 2.42 bits per heavy atom.